The zero-order valence-electron chi connectivity index (χ0n) is 16.8. The Labute approximate surface area is 175 Å². The number of rotatable bonds is 5. The number of hydrogen-bond acceptors (Lipinski definition) is 5. The van der Waals surface area contributed by atoms with Crippen LogP contribution in [-0.4, -0.2) is 57.8 Å². The number of nitrogens with zero attached hydrogens (tertiary/aromatic N) is 4. The van der Waals surface area contributed by atoms with Crippen molar-refractivity contribution in [3.63, 3.8) is 0 Å². The highest BCUT2D eigenvalue weighted by atomic mass is 35.5. The molecule has 1 fully saturated rings. The second-order valence-corrected chi connectivity index (χ2v) is 7.63. The largest absolute Gasteiger partial charge is 0.489 e. The zero-order chi connectivity index (χ0) is 21.0. The lowest BCUT2D eigenvalue weighted by molar-refractivity contribution is -0.130. The van der Waals surface area contributed by atoms with Crippen molar-refractivity contribution in [1.29, 1.82) is 0 Å². The molecule has 1 aliphatic rings. The van der Waals surface area contributed by atoms with Crippen LogP contribution in [0.25, 0.3) is 0 Å². The Bertz CT molecular complexity index is 869. The summed E-state index contributed by atoms with van der Waals surface area (Å²) in [6, 6.07) is 6.62. The van der Waals surface area contributed by atoms with Crippen LogP contribution in [0, 0.1) is 0 Å². The summed E-state index contributed by atoms with van der Waals surface area (Å²) in [7, 11) is 1.73. The van der Waals surface area contributed by atoms with Crippen LogP contribution in [0.4, 0.5) is 0 Å². The first-order valence-corrected chi connectivity index (χ1v) is 9.99. The highest BCUT2D eigenvalue weighted by molar-refractivity contribution is 6.31. The van der Waals surface area contributed by atoms with Crippen molar-refractivity contribution < 1.29 is 14.3 Å². The van der Waals surface area contributed by atoms with E-state index in [0.717, 1.165) is 18.5 Å². The number of amides is 2. The lowest BCUT2D eigenvalue weighted by atomic mass is 10.1. The van der Waals surface area contributed by atoms with E-state index in [1.165, 1.54) is 6.33 Å². The topological polar surface area (TPSA) is 75.6 Å². The second kappa shape index (κ2) is 9.22. The molecule has 0 saturated carbocycles. The molecule has 8 heteroatoms. The lowest BCUT2D eigenvalue weighted by Gasteiger charge is -2.32. The minimum absolute atomic E-state index is 0.0529. The number of carbonyl (C=O) groups excluding carboxylic acids is 2. The standard InChI is InChI=1S/C21H25ClN4O3/c1-14(19-6-9-23-13-24-19)25(3)21(28)18-12-16(22)4-5-20(18)29-17-7-10-26(11-8-17)15(2)27/h4-6,9,12-14,17H,7-8,10-11H2,1-3H3/t14-/m0/s1. The van der Waals surface area contributed by atoms with Gasteiger partial charge in [0, 0.05) is 51.1 Å². The van der Waals surface area contributed by atoms with E-state index in [-0.39, 0.29) is 24.0 Å². The minimum Gasteiger partial charge on any atom is -0.489 e. The van der Waals surface area contributed by atoms with Crippen LogP contribution in [0.1, 0.15) is 48.8 Å². The summed E-state index contributed by atoms with van der Waals surface area (Å²) in [5.74, 6) is 0.378. The van der Waals surface area contributed by atoms with Crippen molar-refractivity contribution in [3.05, 3.63) is 53.1 Å². The quantitative estimate of drug-likeness (QED) is 0.747. The highest BCUT2D eigenvalue weighted by Gasteiger charge is 2.26. The Morgan fingerprint density at radius 1 is 1.28 bits per heavy atom. The van der Waals surface area contributed by atoms with Gasteiger partial charge in [-0.25, -0.2) is 9.97 Å². The molecule has 29 heavy (non-hydrogen) atoms. The van der Waals surface area contributed by atoms with E-state index in [0.29, 0.717) is 29.4 Å². The van der Waals surface area contributed by atoms with E-state index < -0.39 is 0 Å². The molecule has 0 aliphatic carbocycles. The molecule has 1 aliphatic heterocycles. The average Bonchev–Trinajstić information content (AvgIpc) is 2.74. The van der Waals surface area contributed by atoms with Gasteiger partial charge in [0.2, 0.25) is 5.91 Å². The molecule has 2 aromatic rings. The molecule has 0 spiro atoms. The summed E-state index contributed by atoms with van der Waals surface area (Å²) in [6.07, 6.45) is 4.51. The van der Waals surface area contributed by atoms with Crippen molar-refractivity contribution in [3.8, 4) is 5.75 Å². The lowest BCUT2D eigenvalue weighted by Crippen LogP contribution is -2.40. The Kier molecular flexibility index (Phi) is 6.69. The van der Waals surface area contributed by atoms with Gasteiger partial charge in [0.05, 0.1) is 17.3 Å². The number of piperidine rings is 1. The molecule has 1 atom stereocenters. The summed E-state index contributed by atoms with van der Waals surface area (Å²) in [4.78, 5) is 36.3. The van der Waals surface area contributed by atoms with E-state index >= 15 is 0 Å². The fourth-order valence-electron chi connectivity index (χ4n) is 3.35. The van der Waals surface area contributed by atoms with Gasteiger partial charge < -0.3 is 14.5 Å². The third kappa shape index (κ3) is 5.03. The number of hydrogen-bond donors (Lipinski definition) is 0. The molecule has 154 valence electrons. The first-order chi connectivity index (χ1) is 13.9. The van der Waals surface area contributed by atoms with E-state index in [2.05, 4.69) is 9.97 Å². The van der Waals surface area contributed by atoms with Gasteiger partial charge in [-0.2, -0.15) is 0 Å². The monoisotopic (exact) mass is 416 g/mol. The fraction of sp³-hybridized carbons (Fsp3) is 0.429. The molecule has 0 radical (unpaired) electrons. The van der Waals surface area contributed by atoms with Gasteiger partial charge in [0.15, 0.2) is 0 Å². The number of halogens is 1. The Morgan fingerprint density at radius 2 is 2.00 bits per heavy atom. The molecule has 3 rings (SSSR count). The molecule has 7 nitrogen and oxygen atoms in total. The van der Waals surface area contributed by atoms with E-state index in [1.807, 2.05) is 11.8 Å². The summed E-state index contributed by atoms with van der Waals surface area (Å²) < 4.78 is 6.16. The van der Waals surface area contributed by atoms with E-state index in [1.54, 1.807) is 49.3 Å². The molecule has 1 saturated heterocycles. The predicted octanol–water partition coefficient (Wildman–Crippen LogP) is 3.35. The van der Waals surface area contributed by atoms with Crippen molar-refractivity contribution in [2.24, 2.45) is 0 Å². The Hall–Kier alpha value is -2.67. The van der Waals surface area contributed by atoms with Crippen molar-refractivity contribution in [2.45, 2.75) is 38.8 Å². The van der Waals surface area contributed by atoms with Crippen LogP contribution in [-0.2, 0) is 4.79 Å². The predicted molar refractivity (Wildman–Crippen MR) is 110 cm³/mol. The van der Waals surface area contributed by atoms with Crippen LogP contribution in [0.3, 0.4) is 0 Å². The fourth-order valence-corrected chi connectivity index (χ4v) is 3.52. The first kappa shape index (κ1) is 21.0. The summed E-state index contributed by atoms with van der Waals surface area (Å²) in [5, 5.41) is 0.468. The molecule has 2 amide bonds. The van der Waals surface area contributed by atoms with Crippen LogP contribution in [0.5, 0.6) is 5.75 Å². The summed E-state index contributed by atoms with van der Waals surface area (Å²) in [6.45, 7) is 4.79. The number of benzene rings is 1. The highest BCUT2D eigenvalue weighted by Crippen LogP contribution is 2.29. The van der Waals surface area contributed by atoms with E-state index in [4.69, 9.17) is 16.3 Å². The second-order valence-electron chi connectivity index (χ2n) is 7.19. The molecule has 1 aromatic heterocycles. The molecule has 1 aromatic carbocycles. The minimum atomic E-state index is -0.240. The van der Waals surface area contributed by atoms with Crippen molar-refractivity contribution in [2.75, 3.05) is 20.1 Å². The molecular formula is C21H25ClN4O3. The maximum Gasteiger partial charge on any atom is 0.257 e. The van der Waals surface area contributed by atoms with Gasteiger partial charge in [-0.05, 0) is 31.2 Å². The first-order valence-electron chi connectivity index (χ1n) is 9.61. The van der Waals surface area contributed by atoms with Crippen molar-refractivity contribution in [1.82, 2.24) is 19.8 Å². The zero-order valence-corrected chi connectivity index (χ0v) is 17.6. The third-order valence-electron chi connectivity index (χ3n) is 5.29. The Morgan fingerprint density at radius 3 is 2.62 bits per heavy atom. The molecule has 0 unspecified atom stereocenters. The molecule has 0 N–H and O–H groups in total. The summed E-state index contributed by atoms with van der Waals surface area (Å²) >= 11 is 6.17. The van der Waals surface area contributed by atoms with Crippen LogP contribution < -0.4 is 4.74 Å². The van der Waals surface area contributed by atoms with Crippen LogP contribution >= 0.6 is 11.6 Å². The van der Waals surface area contributed by atoms with Gasteiger partial charge in [0.25, 0.3) is 5.91 Å². The van der Waals surface area contributed by atoms with Gasteiger partial charge in [-0.3, -0.25) is 9.59 Å². The SMILES string of the molecule is CC(=O)N1CCC(Oc2ccc(Cl)cc2C(=O)N(C)[C@@H](C)c2ccncn2)CC1. The molecule has 2 heterocycles. The maximum absolute atomic E-state index is 13.2. The van der Waals surface area contributed by atoms with Gasteiger partial charge >= 0.3 is 0 Å². The van der Waals surface area contributed by atoms with Gasteiger partial charge in [-0.1, -0.05) is 11.6 Å². The molecule has 0 bridgehead atoms. The third-order valence-corrected chi connectivity index (χ3v) is 5.52. The number of likely N-dealkylation sites (tertiary alicyclic amines) is 1. The van der Waals surface area contributed by atoms with Crippen molar-refractivity contribution >= 4 is 23.4 Å². The molecular weight excluding hydrogens is 392 g/mol. The van der Waals surface area contributed by atoms with Gasteiger partial charge in [0.1, 0.15) is 18.2 Å². The van der Waals surface area contributed by atoms with E-state index in [9.17, 15) is 9.59 Å². The van der Waals surface area contributed by atoms with Crippen LogP contribution in [0.15, 0.2) is 36.8 Å². The normalized spacial score (nSPS) is 15.7. The average molecular weight is 417 g/mol. The van der Waals surface area contributed by atoms with Crippen LogP contribution in [0.2, 0.25) is 5.02 Å². The number of aromatic nitrogens is 2. The summed E-state index contributed by atoms with van der Waals surface area (Å²) in [5.41, 5.74) is 1.16. The maximum atomic E-state index is 13.2. The van der Waals surface area contributed by atoms with Gasteiger partial charge in [-0.15, -0.1) is 0 Å². The number of carbonyl (C=O) groups is 2. The Balaban J connectivity index is 1.76. The number of ether oxygens (including phenoxy) is 1. The smallest absolute Gasteiger partial charge is 0.257 e.